The van der Waals surface area contributed by atoms with Gasteiger partial charge >= 0.3 is 5.97 Å². The fourth-order valence-corrected chi connectivity index (χ4v) is 3.60. The first-order valence-corrected chi connectivity index (χ1v) is 8.77. The number of nitrogens with zero attached hydrogens (tertiary/aromatic N) is 1. The summed E-state index contributed by atoms with van der Waals surface area (Å²) in [4.78, 5) is 37.5. The van der Waals surface area contributed by atoms with E-state index >= 15 is 0 Å². The van der Waals surface area contributed by atoms with E-state index in [0.717, 1.165) is 5.56 Å². The normalized spacial score (nSPS) is 19.4. The third kappa shape index (κ3) is 3.83. The highest BCUT2D eigenvalue weighted by atomic mass is 35.5. The average molecular weight is 391 g/mol. The number of aryl methyl sites for hydroxylation is 1. The smallest absolute Gasteiger partial charge is 0.339 e. The maximum atomic E-state index is 12.7. The Hall–Kier alpha value is -2.80. The number of hydrogen-bond donors (Lipinski definition) is 2. The lowest BCUT2D eigenvalue weighted by molar-refractivity contribution is -0.128. The van der Waals surface area contributed by atoms with Crippen LogP contribution in [0.1, 0.15) is 39.9 Å². The molecule has 0 radical (unpaired) electrons. The number of hydrogen-bond acceptors (Lipinski definition) is 4. The number of amides is 2. The van der Waals surface area contributed by atoms with Crippen molar-refractivity contribution in [1.29, 1.82) is 0 Å². The van der Waals surface area contributed by atoms with Gasteiger partial charge in [0.15, 0.2) is 0 Å². The molecule has 7 nitrogen and oxygen atoms in total. The number of carboxylic acid groups (broad SMARTS) is 1. The summed E-state index contributed by atoms with van der Waals surface area (Å²) in [7, 11) is 1.66. The van der Waals surface area contributed by atoms with Crippen molar-refractivity contribution >= 4 is 29.4 Å². The Labute approximate surface area is 160 Å². The Kier molecular flexibility index (Phi) is 5.23. The lowest BCUT2D eigenvalue weighted by Crippen LogP contribution is -2.34. The minimum atomic E-state index is -1.09. The first kappa shape index (κ1) is 19.0. The van der Waals surface area contributed by atoms with Crippen molar-refractivity contribution in [3.63, 3.8) is 0 Å². The molecular weight excluding hydrogens is 372 g/mol. The van der Waals surface area contributed by atoms with Gasteiger partial charge in [0.2, 0.25) is 11.8 Å². The van der Waals surface area contributed by atoms with E-state index in [1.165, 1.54) is 6.07 Å². The highest BCUT2D eigenvalue weighted by molar-refractivity contribution is 6.30. The van der Waals surface area contributed by atoms with Crippen LogP contribution in [0, 0.1) is 12.8 Å². The van der Waals surface area contributed by atoms with Crippen molar-refractivity contribution in [3.05, 3.63) is 58.0 Å². The van der Waals surface area contributed by atoms with Gasteiger partial charge in [-0.3, -0.25) is 9.59 Å². The summed E-state index contributed by atoms with van der Waals surface area (Å²) in [5.41, 5.74) is 0.852. The molecule has 2 atom stereocenters. The van der Waals surface area contributed by atoms with Crippen LogP contribution in [0.5, 0.6) is 0 Å². The molecule has 1 aliphatic rings. The van der Waals surface area contributed by atoms with Crippen LogP contribution in [0.15, 0.2) is 34.7 Å². The van der Waals surface area contributed by atoms with Crippen LogP contribution in [0.2, 0.25) is 5.02 Å². The quantitative estimate of drug-likeness (QED) is 0.817. The second-order valence-corrected chi connectivity index (χ2v) is 6.96. The third-order valence-corrected chi connectivity index (χ3v) is 4.98. The van der Waals surface area contributed by atoms with Gasteiger partial charge in [0.1, 0.15) is 17.1 Å². The lowest BCUT2D eigenvalue weighted by Gasteiger charge is -2.25. The molecule has 8 heteroatoms. The standard InChI is InChI=1S/C19H19ClN2O5/c1-10-14(19(25)26)7-13(27-10)9-21-18(24)15-8-16(23)22(2)17(15)11-4-3-5-12(20)6-11/h3-7,15,17H,8-9H2,1-2H3,(H,21,24)(H,25,26)/t15-,17+/m1/s1. The van der Waals surface area contributed by atoms with E-state index in [2.05, 4.69) is 5.32 Å². The fourth-order valence-electron chi connectivity index (χ4n) is 3.40. The number of benzene rings is 1. The summed E-state index contributed by atoms with van der Waals surface area (Å²) in [6.45, 7) is 1.60. The first-order chi connectivity index (χ1) is 12.8. The summed E-state index contributed by atoms with van der Waals surface area (Å²) in [6, 6.07) is 8.07. The molecule has 142 valence electrons. The zero-order valence-corrected chi connectivity index (χ0v) is 15.6. The fraction of sp³-hybridized carbons (Fsp3) is 0.316. The Morgan fingerprint density at radius 1 is 1.37 bits per heavy atom. The summed E-state index contributed by atoms with van der Waals surface area (Å²) < 4.78 is 5.37. The number of furan rings is 1. The topological polar surface area (TPSA) is 99.9 Å². The molecule has 0 spiro atoms. The van der Waals surface area contributed by atoms with Gasteiger partial charge in [-0.25, -0.2) is 4.79 Å². The maximum absolute atomic E-state index is 12.7. The number of nitrogens with one attached hydrogen (secondary N) is 1. The molecule has 2 N–H and O–H groups in total. The molecule has 3 rings (SSSR count). The predicted molar refractivity (Wildman–Crippen MR) is 97.3 cm³/mol. The number of rotatable bonds is 5. The van der Waals surface area contributed by atoms with Crippen molar-refractivity contribution < 1.29 is 23.9 Å². The van der Waals surface area contributed by atoms with E-state index in [1.54, 1.807) is 37.1 Å². The molecule has 0 aliphatic carbocycles. The summed E-state index contributed by atoms with van der Waals surface area (Å²) in [5, 5.41) is 12.3. The van der Waals surface area contributed by atoms with Crippen LogP contribution in [0.4, 0.5) is 0 Å². The van der Waals surface area contributed by atoms with Crippen molar-refractivity contribution in [3.8, 4) is 0 Å². The van der Waals surface area contributed by atoms with Gasteiger partial charge in [-0.15, -0.1) is 0 Å². The van der Waals surface area contributed by atoms with Crippen molar-refractivity contribution in [2.24, 2.45) is 5.92 Å². The molecule has 1 aromatic carbocycles. The summed E-state index contributed by atoms with van der Waals surface area (Å²) in [5.74, 6) is -1.46. The molecule has 1 fully saturated rings. The van der Waals surface area contributed by atoms with Gasteiger partial charge in [0.05, 0.1) is 18.5 Å². The SMILES string of the molecule is Cc1oc(CNC(=O)[C@@H]2CC(=O)N(C)[C@H]2c2cccc(Cl)c2)cc1C(=O)O. The zero-order valence-electron chi connectivity index (χ0n) is 14.9. The number of likely N-dealkylation sites (tertiary alicyclic amines) is 1. The first-order valence-electron chi connectivity index (χ1n) is 8.39. The van der Waals surface area contributed by atoms with E-state index in [9.17, 15) is 14.4 Å². The van der Waals surface area contributed by atoms with Crippen molar-refractivity contribution in [2.75, 3.05) is 7.05 Å². The number of carbonyl (C=O) groups is 3. The average Bonchev–Trinajstić information content (AvgIpc) is 3.13. The van der Waals surface area contributed by atoms with E-state index in [1.807, 2.05) is 6.07 Å². The van der Waals surface area contributed by atoms with Crippen LogP contribution < -0.4 is 5.32 Å². The summed E-state index contributed by atoms with van der Waals surface area (Å²) in [6.07, 6.45) is 0.0943. The Morgan fingerprint density at radius 3 is 2.74 bits per heavy atom. The highest BCUT2D eigenvalue weighted by Crippen LogP contribution is 2.37. The van der Waals surface area contributed by atoms with Gasteiger partial charge in [-0.2, -0.15) is 0 Å². The van der Waals surface area contributed by atoms with Gasteiger partial charge in [0.25, 0.3) is 0 Å². The third-order valence-electron chi connectivity index (χ3n) is 4.75. The van der Waals surface area contributed by atoms with Crippen molar-refractivity contribution in [1.82, 2.24) is 10.2 Å². The van der Waals surface area contributed by atoms with Crippen LogP contribution in [-0.4, -0.2) is 34.8 Å². The Bertz CT molecular complexity index is 907. The highest BCUT2D eigenvalue weighted by Gasteiger charge is 2.42. The zero-order chi connectivity index (χ0) is 19.7. The summed E-state index contributed by atoms with van der Waals surface area (Å²) >= 11 is 6.05. The van der Waals surface area contributed by atoms with Crippen LogP contribution in [0.3, 0.4) is 0 Å². The molecule has 2 aromatic rings. The second kappa shape index (κ2) is 7.44. The molecule has 1 saturated heterocycles. The number of halogens is 1. The molecular formula is C19H19ClN2O5. The van der Waals surface area contributed by atoms with Gasteiger partial charge in [0, 0.05) is 18.5 Å². The molecule has 0 saturated carbocycles. The van der Waals surface area contributed by atoms with Crippen LogP contribution in [-0.2, 0) is 16.1 Å². The molecule has 0 bridgehead atoms. The van der Waals surface area contributed by atoms with Gasteiger partial charge < -0.3 is 19.7 Å². The molecule has 0 unspecified atom stereocenters. The maximum Gasteiger partial charge on any atom is 0.339 e. The van der Waals surface area contributed by atoms with E-state index in [0.29, 0.717) is 10.8 Å². The number of carboxylic acids is 1. The monoisotopic (exact) mass is 390 g/mol. The number of carbonyl (C=O) groups excluding carboxylic acids is 2. The minimum Gasteiger partial charge on any atom is -0.478 e. The molecule has 2 heterocycles. The molecule has 2 amide bonds. The largest absolute Gasteiger partial charge is 0.478 e. The predicted octanol–water partition coefficient (Wildman–Crippen LogP) is 2.78. The number of aromatic carboxylic acids is 1. The molecule has 1 aromatic heterocycles. The second-order valence-electron chi connectivity index (χ2n) is 6.52. The van der Waals surface area contributed by atoms with E-state index in [-0.39, 0.29) is 36.1 Å². The Balaban J connectivity index is 1.75. The lowest BCUT2D eigenvalue weighted by atomic mass is 9.93. The van der Waals surface area contributed by atoms with Gasteiger partial charge in [-0.05, 0) is 30.7 Å². The van der Waals surface area contributed by atoms with Crippen molar-refractivity contribution in [2.45, 2.75) is 25.9 Å². The van der Waals surface area contributed by atoms with Crippen LogP contribution >= 0.6 is 11.6 Å². The molecule has 1 aliphatic heterocycles. The van der Waals surface area contributed by atoms with E-state index in [4.69, 9.17) is 21.1 Å². The van der Waals surface area contributed by atoms with Crippen LogP contribution in [0.25, 0.3) is 0 Å². The van der Waals surface area contributed by atoms with Gasteiger partial charge in [-0.1, -0.05) is 23.7 Å². The molecule has 27 heavy (non-hydrogen) atoms. The van der Waals surface area contributed by atoms with E-state index < -0.39 is 17.9 Å². The Morgan fingerprint density at radius 2 is 2.11 bits per heavy atom. The minimum absolute atomic E-state index is 0.0453.